The van der Waals surface area contributed by atoms with Crippen LogP contribution in [-0.2, 0) is 25.7 Å². The highest BCUT2D eigenvalue weighted by Gasteiger charge is 2.45. The van der Waals surface area contributed by atoms with Crippen molar-refractivity contribution >= 4 is 36.3 Å². The second-order valence-corrected chi connectivity index (χ2v) is 8.19. The normalized spacial score (nSPS) is 22.0. The molecule has 2 aliphatic rings. The first-order chi connectivity index (χ1) is 16.3. The number of alkyl halides is 1. The van der Waals surface area contributed by atoms with E-state index in [-0.39, 0.29) is 43.2 Å². The summed E-state index contributed by atoms with van der Waals surface area (Å²) >= 11 is 3.90. The van der Waals surface area contributed by atoms with Gasteiger partial charge in [0.25, 0.3) is 5.91 Å². The van der Waals surface area contributed by atoms with Crippen LogP contribution in [0.4, 0.5) is 8.78 Å². The number of rotatable bonds is 6. The molecule has 0 bridgehead atoms. The quantitative estimate of drug-likeness (QED) is 0.517. The fraction of sp³-hybridized carbons (Fsp3) is 0.565. The maximum absolute atomic E-state index is 13.3. The van der Waals surface area contributed by atoms with Crippen LogP contribution in [0.3, 0.4) is 0 Å². The van der Waals surface area contributed by atoms with Gasteiger partial charge in [-0.15, -0.1) is 0 Å². The Morgan fingerprint density at radius 3 is 2.41 bits per heavy atom. The van der Waals surface area contributed by atoms with Crippen LogP contribution in [0.25, 0.3) is 0 Å². The van der Waals surface area contributed by atoms with E-state index in [1.807, 2.05) is 13.8 Å². The number of carbonyl (C=O) groups excluding carboxylic acids is 4. The number of nitrogens with one attached hydrogen (secondary N) is 2. The van der Waals surface area contributed by atoms with Gasteiger partial charge in [0, 0.05) is 25.7 Å². The smallest absolute Gasteiger partial charge is 0.254 e. The molecule has 2 N–H and O–H groups in total. The Labute approximate surface area is 203 Å². The van der Waals surface area contributed by atoms with Crippen molar-refractivity contribution in [1.29, 1.82) is 0 Å². The van der Waals surface area contributed by atoms with Gasteiger partial charge < -0.3 is 20.4 Å². The SMILES string of the molecule is CC.O=C(CS)N[C@H]1CN(C(=O)CF)CC[C@H]2CC[C@@H](C(=O)NCc3ccc(F)cc3)N2C1=O. The van der Waals surface area contributed by atoms with Gasteiger partial charge in [0.15, 0.2) is 6.67 Å². The van der Waals surface area contributed by atoms with Crippen LogP contribution in [0.5, 0.6) is 0 Å². The Balaban J connectivity index is 0.00000199. The van der Waals surface area contributed by atoms with Gasteiger partial charge in [-0.05, 0) is 37.0 Å². The summed E-state index contributed by atoms with van der Waals surface area (Å²) in [6, 6.07) is 3.59. The first kappa shape index (κ1) is 27.6. The highest BCUT2D eigenvalue weighted by atomic mass is 32.1. The zero-order valence-electron chi connectivity index (χ0n) is 19.4. The largest absolute Gasteiger partial charge is 0.350 e. The monoisotopic (exact) mass is 498 g/mol. The van der Waals surface area contributed by atoms with Crippen LogP contribution in [0.2, 0.25) is 0 Å². The predicted molar refractivity (Wildman–Crippen MR) is 126 cm³/mol. The van der Waals surface area contributed by atoms with Gasteiger partial charge in [-0.1, -0.05) is 26.0 Å². The lowest BCUT2D eigenvalue weighted by atomic mass is 10.1. The Hall–Kier alpha value is -2.69. The molecule has 0 saturated carbocycles. The average Bonchev–Trinajstić information content (AvgIpc) is 3.28. The molecule has 2 aliphatic heterocycles. The molecular weight excluding hydrogens is 466 g/mol. The minimum absolute atomic E-state index is 0.161. The molecule has 11 heteroatoms. The summed E-state index contributed by atoms with van der Waals surface area (Å²) in [6.07, 6.45) is 1.38. The molecular formula is C23H32F2N4O4S. The van der Waals surface area contributed by atoms with E-state index in [9.17, 15) is 28.0 Å². The van der Waals surface area contributed by atoms with E-state index in [0.717, 1.165) is 0 Å². The first-order valence-corrected chi connectivity index (χ1v) is 12.1. The standard InChI is InChI=1S/C21H26F2N4O4S.C2H6/c22-9-19(29)26-8-7-15-5-6-17(20(30)24-10-13-1-3-14(23)4-2-13)27(15)21(31)16(11-26)25-18(28)12-32;1-2/h1-4,15-17,32H,5-12H2,(H,24,30)(H,25,28);1-2H3/t15-,16+,17+;/m1./s1. The molecule has 0 aromatic heterocycles. The number of benzene rings is 1. The Kier molecular flexibility index (Phi) is 10.7. The molecule has 3 atom stereocenters. The maximum atomic E-state index is 13.3. The van der Waals surface area contributed by atoms with E-state index >= 15 is 0 Å². The van der Waals surface area contributed by atoms with Gasteiger partial charge in [0.1, 0.15) is 17.9 Å². The second kappa shape index (κ2) is 13.3. The van der Waals surface area contributed by atoms with E-state index in [0.29, 0.717) is 24.8 Å². The third-order valence-corrected chi connectivity index (χ3v) is 6.11. The molecule has 34 heavy (non-hydrogen) atoms. The molecule has 0 unspecified atom stereocenters. The van der Waals surface area contributed by atoms with Crippen LogP contribution in [0.15, 0.2) is 24.3 Å². The topological polar surface area (TPSA) is 98.8 Å². The molecule has 0 radical (unpaired) electrons. The molecule has 0 aliphatic carbocycles. The van der Waals surface area contributed by atoms with Gasteiger partial charge >= 0.3 is 0 Å². The zero-order chi connectivity index (χ0) is 25.3. The van der Waals surface area contributed by atoms with Gasteiger partial charge in [-0.3, -0.25) is 19.2 Å². The van der Waals surface area contributed by atoms with E-state index in [1.165, 1.54) is 21.9 Å². The molecule has 3 rings (SSSR count). The van der Waals surface area contributed by atoms with Crippen molar-refractivity contribution in [1.82, 2.24) is 20.4 Å². The van der Waals surface area contributed by atoms with Crippen molar-refractivity contribution < 1.29 is 28.0 Å². The molecule has 1 aromatic rings. The lowest BCUT2D eigenvalue weighted by molar-refractivity contribution is -0.147. The molecule has 188 valence electrons. The van der Waals surface area contributed by atoms with Gasteiger partial charge in [-0.25, -0.2) is 8.78 Å². The molecule has 2 heterocycles. The molecule has 0 spiro atoms. The zero-order valence-corrected chi connectivity index (χ0v) is 20.3. The van der Waals surface area contributed by atoms with Crippen molar-refractivity contribution in [2.75, 3.05) is 25.5 Å². The van der Waals surface area contributed by atoms with E-state index < -0.39 is 36.5 Å². The number of amides is 4. The highest BCUT2D eigenvalue weighted by molar-refractivity contribution is 7.81. The minimum Gasteiger partial charge on any atom is -0.350 e. The van der Waals surface area contributed by atoms with Crippen LogP contribution >= 0.6 is 12.6 Å². The maximum Gasteiger partial charge on any atom is 0.254 e. The second-order valence-electron chi connectivity index (χ2n) is 7.88. The number of thiol groups is 1. The molecule has 1 aromatic carbocycles. The highest BCUT2D eigenvalue weighted by Crippen LogP contribution is 2.29. The third-order valence-electron chi connectivity index (χ3n) is 5.82. The summed E-state index contributed by atoms with van der Waals surface area (Å²) < 4.78 is 26.1. The number of hydrogen-bond donors (Lipinski definition) is 3. The fourth-order valence-electron chi connectivity index (χ4n) is 4.20. The van der Waals surface area contributed by atoms with Gasteiger partial charge in [0.05, 0.1) is 5.75 Å². The van der Waals surface area contributed by atoms with Crippen molar-refractivity contribution in [3.63, 3.8) is 0 Å². The molecule has 2 fully saturated rings. The van der Waals surface area contributed by atoms with Crippen LogP contribution in [0, 0.1) is 5.82 Å². The minimum atomic E-state index is -1.19. The van der Waals surface area contributed by atoms with Crippen molar-refractivity contribution in [3.05, 3.63) is 35.6 Å². The van der Waals surface area contributed by atoms with Crippen LogP contribution in [-0.4, -0.2) is 77.1 Å². The Morgan fingerprint density at radius 2 is 1.79 bits per heavy atom. The Morgan fingerprint density at radius 1 is 1.12 bits per heavy atom. The van der Waals surface area contributed by atoms with E-state index in [2.05, 4.69) is 23.3 Å². The number of nitrogens with zero attached hydrogens (tertiary/aromatic N) is 2. The summed E-state index contributed by atoms with van der Waals surface area (Å²) in [5.41, 5.74) is 0.715. The fourth-order valence-corrected chi connectivity index (χ4v) is 4.29. The van der Waals surface area contributed by atoms with Crippen LogP contribution < -0.4 is 10.6 Å². The summed E-state index contributed by atoms with van der Waals surface area (Å²) in [4.78, 5) is 52.8. The molecule has 8 nitrogen and oxygen atoms in total. The van der Waals surface area contributed by atoms with Crippen molar-refractivity contribution in [3.8, 4) is 0 Å². The van der Waals surface area contributed by atoms with E-state index in [1.54, 1.807) is 12.1 Å². The summed E-state index contributed by atoms with van der Waals surface area (Å²) in [5, 5.41) is 5.32. The lowest BCUT2D eigenvalue weighted by Gasteiger charge is -2.38. The van der Waals surface area contributed by atoms with Crippen molar-refractivity contribution in [2.45, 2.75) is 57.8 Å². The Bertz CT molecular complexity index is 871. The third kappa shape index (κ3) is 6.91. The first-order valence-electron chi connectivity index (χ1n) is 11.4. The van der Waals surface area contributed by atoms with Gasteiger partial charge in [0.2, 0.25) is 17.7 Å². The summed E-state index contributed by atoms with van der Waals surface area (Å²) in [5.74, 6) is -2.62. The number of carbonyl (C=O) groups is 4. The predicted octanol–water partition coefficient (Wildman–Crippen LogP) is 1.44. The summed E-state index contributed by atoms with van der Waals surface area (Å²) in [7, 11) is 0. The number of halogens is 2. The molecule has 4 amide bonds. The van der Waals surface area contributed by atoms with E-state index in [4.69, 9.17) is 0 Å². The van der Waals surface area contributed by atoms with Crippen LogP contribution in [0.1, 0.15) is 38.7 Å². The average molecular weight is 499 g/mol. The van der Waals surface area contributed by atoms with Gasteiger partial charge in [-0.2, -0.15) is 12.6 Å². The number of hydrogen-bond acceptors (Lipinski definition) is 5. The summed E-state index contributed by atoms with van der Waals surface area (Å²) in [6.45, 7) is 3.04. The van der Waals surface area contributed by atoms with Crippen molar-refractivity contribution in [2.24, 2.45) is 0 Å². The lowest BCUT2D eigenvalue weighted by Crippen LogP contribution is -2.61. The number of fused-ring (bicyclic) bond motifs is 1. The molecule has 2 saturated heterocycles.